The molecule has 1 fully saturated rings. The molecular weight excluding hydrogens is 378 g/mol. The average Bonchev–Trinajstić information content (AvgIpc) is 3.20. The highest BCUT2D eigenvalue weighted by Crippen LogP contribution is 2.31. The zero-order chi connectivity index (χ0) is 19.5. The molecule has 0 aliphatic carbocycles. The number of methoxy groups -OCH3 is 1. The van der Waals surface area contributed by atoms with Crippen LogP contribution in [0.5, 0.6) is 5.75 Å². The molecule has 1 aromatic heterocycles. The Morgan fingerprint density at radius 3 is 3.18 bits per heavy atom. The molecule has 7 heteroatoms. The van der Waals surface area contributed by atoms with Gasteiger partial charge in [0.15, 0.2) is 0 Å². The minimum atomic E-state index is 0.0327. The maximum Gasteiger partial charge on any atom is 0.253 e. The summed E-state index contributed by atoms with van der Waals surface area (Å²) < 4.78 is 13.1. The Balaban J connectivity index is 1.49. The normalized spacial score (nSPS) is 19.0. The van der Waals surface area contributed by atoms with Gasteiger partial charge in [0.1, 0.15) is 18.2 Å². The summed E-state index contributed by atoms with van der Waals surface area (Å²) in [6.45, 7) is 3.13. The molecule has 6 nitrogen and oxygen atoms in total. The Morgan fingerprint density at radius 2 is 2.32 bits per heavy atom. The number of rotatable bonds is 5. The van der Waals surface area contributed by atoms with E-state index in [1.165, 1.54) is 0 Å². The summed E-state index contributed by atoms with van der Waals surface area (Å²) in [6, 6.07) is 5.46. The molecule has 1 atom stereocenters. The molecule has 28 heavy (non-hydrogen) atoms. The van der Waals surface area contributed by atoms with E-state index < -0.39 is 0 Å². The molecule has 0 N–H and O–H groups in total. The predicted molar refractivity (Wildman–Crippen MR) is 108 cm³/mol. The first-order valence-electron chi connectivity index (χ1n) is 9.58. The number of hydrogen-bond donors (Lipinski definition) is 0. The van der Waals surface area contributed by atoms with Crippen LogP contribution in [0.1, 0.15) is 30.1 Å². The molecule has 2 aromatic rings. The van der Waals surface area contributed by atoms with Gasteiger partial charge in [0, 0.05) is 55.6 Å². The summed E-state index contributed by atoms with van der Waals surface area (Å²) >= 11 is 6.08. The summed E-state index contributed by atoms with van der Waals surface area (Å²) in [5.41, 5.74) is 1.52. The van der Waals surface area contributed by atoms with Gasteiger partial charge in [0.05, 0.1) is 12.2 Å². The zero-order valence-electron chi connectivity index (χ0n) is 15.9. The third-order valence-electron chi connectivity index (χ3n) is 5.32. The van der Waals surface area contributed by atoms with Crippen molar-refractivity contribution in [3.05, 3.63) is 52.6 Å². The number of likely N-dealkylation sites (tertiary alicyclic amines) is 1. The van der Waals surface area contributed by atoms with Crippen molar-refractivity contribution >= 4 is 23.6 Å². The van der Waals surface area contributed by atoms with Crippen molar-refractivity contribution in [2.24, 2.45) is 0 Å². The van der Waals surface area contributed by atoms with Crippen LogP contribution in [-0.2, 0) is 16.1 Å². The van der Waals surface area contributed by atoms with Crippen molar-refractivity contribution in [2.75, 3.05) is 33.4 Å². The zero-order valence-corrected chi connectivity index (χ0v) is 16.7. The number of benzene rings is 1. The van der Waals surface area contributed by atoms with Crippen molar-refractivity contribution in [2.45, 2.75) is 25.3 Å². The number of carbonyl (C=O) groups excluding carboxylic acids is 1. The minimum absolute atomic E-state index is 0.0327. The molecule has 0 spiro atoms. The largest absolute Gasteiger partial charge is 0.488 e. The van der Waals surface area contributed by atoms with Gasteiger partial charge >= 0.3 is 0 Å². The van der Waals surface area contributed by atoms with E-state index in [4.69, 9.17) is 21.1 Å². The van der Waals surface area contributed by atoms with Gasteiger partial charge in [-0.1, -0.05) is 11.6 Å². The molecule has 0 bridgehead atoms. The Hall–Kier alpha value is -2.31. The highest BCUT2D eigenvalue weighted by Gasteiger charge is 2.30. The third-order valence-corrected chi connectivity index (χ3v) is 5.55. The lowest BCUT2D eigenvalue weighted by atomic mass is 9.96. The van der Waals surface area contributed by atoms with E-state index in [2.05, 4.69) is 9.55 Å². The van der Waals surface area contributed by atoms with Gasteiger partial charge in [-0.3, -0.25) is 4.79 Å². The van der Waals surface area contributed by atoms with Gasteiger partial charge < -0.3 is 18.9 Å². The molecule has 3 heterocycles. The van der Waals surface area contributed by atoms with Gasteiger partial charge in [-0.25, -0.2) is 4.98 Å². The Bertz CT molecular complexity index is 893. The van der Waals surface area contributed by atoms with Crippen molar-refractivity contribution < 1.29 is 14.3 Å². The van der Waals surface area contributed by atoms with E-state index in [1.54, 1.807) is 13.2 Å². The summed E-state index contributed by atoms with van der Waals surface area (Å²) in [7, 11) is 1.70. The number of aromatic nitrogens is 2. The van der Waals surface area contributed by atoms with E-state index in [0.29, 0.717) is 23.7 Å². The number of ether oxygens (including phenoxy) is 2. The molecule has 2 aliphatic heterocycles. The SMILES string of the molecule is COCCn1ccnc1C1CCCN(C(=O)C2=Cc3cc(Cl)ccc3OC2)C1. The van der Waals surface area contributed by atoms with Crippen LogP contribution in [-0.4, -0.2) is 53.8 Å². The number of carbonyl (C=O) groups is 1. The first kappa shape index (κ1) is 19.0. The molecule has 1 aromatic carbocycles. The van der Waals surface area contributed by atoms with Crippen LogP contribution in [0.2, 0.25) is 5.02 Å². The highest BCUT2D eigenvalue weighted by atomic mass is 35.5. The summed E-state index contributed by atoms with van der Waals surface area (Å²) in [5, 5.41) is 0.633. The Kier molecular flexibility index (Phi) is 5.69. The van der Waals surface area contributed by atoms with Gasteiger partial charge in [-0.2, -0.15) is 0 Å². The number of fused-ring (bicyclic) bond motifs is 1. The predicted octanol–water partition coefficient (Wildman–Crippen LogP) is 3.36. The average molecular weight is 402 g/mol. The number of hydrogen-bond acceptors (Lipinski definition) is 4. The van der Waals surface area contributed by atoms with E-state index >= 15 is 0 Å². The molecule has 2 aliphatic rings. The van der Waals surface area contributed by atoms with Crippen LogP contribution in [0.15, 0.2) is 36.2 Å². The number of imidazole rings is 1. The van der Waals surface area contributed by atoms with Crippen molar-refractivity contribution in [1.29, 1.82) is 0 Å². The maximum absolute atomic E-state index is 13.1. The first-order chi connectivity index (χ1) is 13.7. The van der Waals surface area contributed by atoms with Gasteiger partial charge in [0.2, 0.25) is 0 Å². The lowest BCUT2D eigenvalue weighted by molar-refractivity contribution is -0.128. The topological polar surface area (TPSA) is 56.6 Å². The standard InChI is InChI=1S/C21H24ClN3O3/c1-27-10-9-24-8-6-23-20(24)15-3-2-7-25(13-15)21(26)17-11-16-12-18(22)4-5-19(16)28-14-17/h4-6,8,11-12,15H,2-3,7,9-10,13-14H2,1H3. The van der Waals surface area contributed by atoms with Crippen LogP contribution in [0.25, 0.3) is 6.08 Å². The highest BCUT2D eigenvalue weighted by molar-refractivity contribution is 6.30. The summed E-state index contributed by atoms with van der Waals surface area (Å²) in [5.74, 6) is 2.06. The third kappa shape index (κ3) is 3.93. The first-order valence-corrected chi connectivity index (χ1v) is 9.95. The summed E-state index contributed by atoms with van der Waals surface area (Å²) in [4.78, 5) is 19.6. The lowest BCUT2D eigenvalue weighted by Crippen LogP contribution is -2.41. The molecule has 0 radical (unpaired) electrons. The molecular formula is C21H24ClN3O3. The molecule has 4 rings (SSSR count). The minimum Gasteiger partial charge on any atom is -0.488 e. The quantitative estimate of drug-likeness (QED) is 0.770. The van der Waals surface area contributed by atoms with Gasteiger partial charge in [-0.05, 0) is 37.1 Å². The molecule has 1 unspecified atom stereocenters. The van der Waals surface area contributed by atoms with Crippen LogP contribution >= 0.6 is 11.6 Å². The van der Waals surface area contributed by atoms with Crippen molar-refractivity contribution in [3.8, 4) is 5.75 Å². The number of amides is 1. The van der Waals surface area contributed by atoms with Crippen LogP contribution < -0.4 is 4.74 Å². The smallest absolute Gasteiger partial charge is 0.253 e. The fourth-order valence-electron chi connectivity index (χ4n) is 3.91. The van der Waals surface area contributed by atoms with Crippen LogP contribution in [0.4, 0.5) is 0 Å². The number of nitrogens with zero attached hydrogens (tertiary/aromatic N) is 3. The van der Waals surface area contributed by atoms with E-state index in [0.717, 1.165) is 43.1 Å². The summed E-state index contributed by atoms with van der Waals surface area (Å²) in [6.07, 6.45) is 7.69. The monoisotopic (exact) mass is 401 g/mol. The lowest BCUT2D eigenvalue weighted by Gasteiger charge is -2.33. The van der Waals surface area contributed by atoms with E-state index in [-0.39, 0.29) is 18.4 Å². The van der Waals surface area contributed by atoms with Crippen LogP contribution in [0, 0.1) is 0 Å². The van der Waals surface area contributed by atoms with Crippen molar-refractivity contribution in [3.63, 3.8) is 0 Å². The molecule has 148 valence electrons. The van der Waals surface area contributed by atoms with Gasteiger partial charge in [-0.15, -0.1) is 0 Å². The van der Waals surface area contributed by atoms with E-state index in [9.17, 15) is 4.79 Å². The Labute approximate surface area is 169 Å². The second-order valence-electron chi connectivity index (χ2n) is 7.20. The van der Waals surface area contributed by atoms with Gasteiger partial charge in [0.25, 0.3) is 5.91 Å². The van der Waals surface area contributed by atoms with E-state index in [1.807, 2.05) is 35.5 Å². The fraction of sp³-hybridized carbons (Fsp3) is 0.429. The molecule has 1 saturated heterocycles. The van der Waals surface area contributed by atoms with Crippen LogP contribution in [0.3, 0.4) is 0 Å². The second-order valence-corrected chi connectivity index (χ2v) is 7.64. The van der Waals surface area contributed by atoms with Crippen molar-refractivity contribution in [1.82, 2.24) is 14.5 Å². The maximum atomic E-state index is 13.1. The molecule has 1 amide bonds. The second kappa shape index (κ2) is 8.37. The molecule has 0 saturated carbocycles. The number of piperidine rings is 1. The Morgan fingerprint density at radius 1 is 1.43 bits per heavy atom. The number of halogens is 1. The fourth-order valence-corrected chi connectivity index (χ4v) is 4.09.